The molecule has 0 saturated carbocycles. The number of nitrogens with one attached hydrogen (secondary N) is 1. The molecule has 33 heavy (non-hydrogen) atoms. The second-order valence-corrected chi connectivity index (χ2v) is 8.08. The van der Waals surface area contributed by atoms with Crippen molar-refractivity contribution in [1.29, 1.82) is 0 Å². The van der Waals surface area contributed by atoms with Crippen LogP contribution in [0.3, 0.4) is 0 Å². The predicted octanol–water partition coefficient (Wildman–Crippen LogP) is 3.57. The lowest BCUT2D eigenvalue weighted by Crippen LogP contribution is -2.45. The number of rotatable bonds is 7. The fourth-order valence-corrected chi connectivity index (χ4v) is 3.59. The number of amides is 3. The maximum absolute atomic E-state index is 13.5. The van der Waals surface area contributed by atoms with Crippen molar-refractivity contribution in [3.63, 3.8) is 0 Å². The summed E-state index contributed by atoms with van der Waals surface area (Å²) in [4.78, 5) is 26.8. The highest BCUT2D eigenvalue weighted by molar-refractivity contribution is 6.05. The maximum Gasteiger partial charge on any atom is 0.317 e. The van der Waals surface area contributed by atoms with Crippen molar-refractivity contribution in [2.75, 3.05) is 27.8 Å². The molecule has 2 aromatic rings. The Hall–Kier alpha value is -3.62. The molecule has 176 valence electrons. The first-order valence-electron chi connectivity index (χ1n) is 10.6. The number of methoxy groups -OCH3 is 2. The molecule has 0 fully saturated rings. The fraction of sp³-hybridized carbons (Fsp3) is 0.375. The number of likely N-dealkylation sites (N-methyl/N-ethyl adjacent to an activating group) is 1. The molecule has 0 aromatic heterocycles. The Kier molecular flexibility index (Phi) is 7.52. The second kappa shape index (κ2) is 10.3. The van der Waals surface area contributed by atoms with Crippen LogP contribution in [0.4, 0.5) is 9.18 Å². The Morgan fingerprint density at radius 1 is 1.18 bits per heavy atom. The molecule has 3 amide bonds. The third kappa shape index (κ3) is 5.60. The number of urea groups is 1. The molecular weight excluding hydrogens is 427 g/mol. The highest BCUT2D eigenvalue weighted by Crippen LogP contribution is 2.36. The summed E-state index contributed by atoms with van der Waals surface area (Å²) in [5, 5.41) is 8.73. The lowest BCUT2D eigenvalue weighted by molar-refractivity contribution is -0.133. The molecule has 1 aliphatic rings. The molecule has 3 rings (SSSR count). The zero-order chi connectivity index (χ0) is 24.1. The van der Waals surface area contributed by atoms with Gasteiger partial charge in [0.1, 0.15) is 23.9 Å². The monoisotopic (exact) mass is 456 g/mol. The molecule has 0 aliphatic carbocycles. The topological polar surface area (TPSA) is 83.5 Å². The van der Waals surface area contributed by atoms with Crippen molar-refractivity contribution in [3.05, 3.63) is 59.4 Å². The van der Waals surface area contributed by atoms with Gasteiger partial charge < -0.3 is 19.7 Å². The van der Waals surface area contributed by atoms with E-state index in [0.717, 1.165) is 11.1 Å². The number of ether oxygens (including phenoxy) is 2. The Labute approximate surface area is 193 Å². The third-order valence-electron chi connectivity index (χ3n) is 5.27. The number of carbonyl (C=O) groups excluding carboxylic acids is 2. The van der Waals surface area contributed by atoms with Crippen LogP contribution in [0.25, 0.3) is 0 Å². The number of hydrogen-bond acceptors (Lipinski definition) is 5. The van der Waals surface area contributed by atoms with E-state index in [1.54, 1.807) is 45.5 Å². The number of carbonyl (C=O) groups is 2. The van der Waals surface area contributed by atoms with Crippen LogP contribution in [0.5, 0.6) is 11.5 Å². The largest absolute Gasteiger partial charge is 0.497 e. The minimum atomic E-state index is -0.443. The van der Waals surface area contributed by atoms with Gasteiger partial charge in [0.05, 0.1) is 26.0 Å². The molecular formula is C24H29FN4O4. The maximum atomic E-state index is 13.5. The van der Waals surface area contributed by atoms with Gasteiger partial charge in [0, 0.05) is 31.1 Å². The zero-order valence-electron chi connectivity index (χ0n) is 19.5. The fourth-order valence-electron chi connectivity index (χ4n) is 3.59. The second-order valence-electron chi connectivity index (χ2n) is 8.08. The van der Waals surface area contributed by atoms with Gasteiger partial charge in [-0.25, -0.2) is 14.2 Å². The highest BCUT2D eigenvalue weighted by Gasteiger charge is 2.35. The van der Waals surface area contributed by atoms with E-state index in [9.17, 15) is 14.0 Å². The molecule has 0 unspecified atom stereocenters. The van der Waals surface area contributed by atoms with Gasteiger partial charge in [-0.2, -0.15) is 5.10 Å². The van der Waals surface area contributed by atoms with E-state index in [4.69, 9.17) is 9.47 Å². The van der Waals surface area contributed by atoms with Crippen molar-refractivity contribution in [2.45, 2.75) is 32.4 Å². The number of nitrogens with zero attached hydrogens (tertiary/aromatic N) is 3. The van der Waals surface area contributed by atoms with Gasteiger partial charge in [-0.05, 0) is 43.7 Å². The van der Waals surface area contributed by atoms with Crippen LogP contribution in [-0.2, 0) is 4.79 Å². The van der Waals surface area contributed by atoms with Crippen molar-refractivity contribution in [2.24, 2.45) is 5.10 Å². The lowest BCUT2D eigenvalue weighted by atomic mass is 9.97. The van der Waals surface area contributed by atoms with E-state index in [1.165, 1.54) is 22.0 Å². The third-order valence-corrected chi connectivity index (χ3v) is 5.27. The van der Waals surface area contributed by atoms with Crippen LogP contribution >= 0.6 is 0 Å². The zero-order valence-corrected chi connectivity index (χ0v) is 19.5. The van der Waals surface area contributed by atoms with Crippen LogP contribution < -0.4 is 14.8 Å². The molecule has 0 radical (unpaired) electrons. The van der Waals surface area contributed by atoms with Crippen LogP contribution in [0, 0.1) is 5.82 Å². The smallest absolute Gasteiger partial charge is 0.317 e. The summed E-state index contributed by atoms with van der Waals surface area (Å²) in [6.45, 7) is 3.53. The first-order valence-corrected chi connectivity index (χ1v) is 10.6. The van der Waals surface area contributed by atoms with Crippen LogP contribution in [0.15, 0.2) is 47.6 Å². The van der Waals surface area contributed by atoms with Gasteiger partial charge in [0.25, 0.3) is 5.91 Å². The Bertz CT molecular complexity index is 1040. The van der Waals surface area contributed by atoms with Gasteiger partial charge in [-0.1, -0.05) is 12.1 Å². The van der Waals surface area contributed by atoms with E-state index >= 15 is 0 Å². The first kappa shape index (κ1) is 24.0. The van der Waals surface area contributed by atoms with Gasteiger partial charge in [0.15, 0.2) is 0 Å². The summed E-state index contributed by atoms with van der Waals surface area (Å²) in [6.07, 6.45) is 0.405. The van der Waals surface area contributed by atoms with E-state index in [-0.39, 0.29) is 30.3 Å². The Morgan fingerprint density at radius 3 is 2.48 bits per heavy atom. The number of halogens is 1. The Balaban J connectivity index is 1.92. The SMILES string of the molecule is COc1ccc(C2=NN(C(=O)CN(C)C(=O)NC(C)C)[C@H](c3ccc(F)cc3)C2)c(OC)c1. The summed E-state index contributed by atoms with van der Waals surface area (Å²) < 4.78 is 24.3. The van der Waals surface area contributed by atoms with Gasteiger partial charge in [0.2, 0.25) is 0 Å². The molecule has 0 bridgehead atoms. The molecule has 1 heterocycles. The molecule has 9 heteroatoms. The van der Waals surface area contributed by atoms with E-state index in [2.05, 4.69) is 10.4 Å². The average molecular weight is 457 g/mol. The molecule has 2 aromatic carbocycles. The summed E-state index contributed by atoms with van der Waals surface area (Å²) in [7, 11) is 4.67. The van der Waals surface area contributed by atoms with Crippen molar-refractivity contribution < 1.29 is 23.5 Å². The highest BCUT2D eigenvalue weighted by atomic mass is 19.1. The summed E-state index contributed by atoms with van der Waals surface area (Å²) in [5.74, 6) is 0.481. The molecule has 1 aliphatic heterocycles. The van der Waals surface area contributed by atoms with Crippen molar-refractivity contribution >= 4 is 17.6 Å². The van der Waals surface area contributed by atoms with Gasteiger partial charge in [-0.15, -0.1) is 0 Å². The van der Waals surface area contributed by atoms with Crippen LogP contribution in [0.1, 0.15) is 37.4 Å². The minimum absolute atomic E-state index is 0.0547. The lowest BCUT2D eigenvalue weighted by Gasteiger charge is -2.25. The molecule has 1 N–H and O–H groups in total. The molecule has 8 nitrogen and oxygen atoms in total. The Morgan fingerprint density at radius 2 is 1.88 bits per heavy atom. The van der Waals surface area contributed by atoms with Gasteiger partial charge >= 0.3 is 6.03 Å². The molecule has 0 saturated heterocycles. The molecule has 0 spiro atoms. The first-order chi connectivity index (χ1) is 15.7. The van der Waals surface area contributed by atoms with E-state index in [0.29, 0.717) is 23.6 Å². The summed E-state index contributed by atoms with van der Waals surface area (Å²) >= 11 is 0. The normalized spacial score (nSPS) is 15.3. The number of benzene rings is 2. The number of hydrogen-bond donors (Lipinski definition) is 1. The minimum Gasteiger partial charge on any atom is -0.497 e. The van der Waals surface area contributed by atoms with Crippen molar-refractivity contribution in [1.82, 2.24) is 15.2 Å². The van der Waals surface area contributed by atoms with Crippen molar-refractivity contribution in [3.8, 4) is 11.5 Å². The summed E-state index contributed by atoms with van der Waals surface area (Å²) in [5.41, 5.74) is 2.11. The van der Waals surface area contributed by atoms with Crippen LogP contribution in [-0.4, -0.2) is 61.4 Å². The summed E-state index contributed by atoms with van der Waals surface area (Å²) in [6, 6.07) is 10.5. The van der Waals surface area contributed by atoms with Crippen LogP contribution in [0.2, 0.25) is 0 Å². The average Bonchev–Trinajstić information content (AvgIpc) is 3.24. The van der Waals surface area contributed by atoms with E-state index in [1.807, 2.05) is 19.9 Å². The standard InChI is InChI=1S/C24H29FN4O4/c1-15(2)26-24(31)28(3)14-23(30)29-21(16-6-8-17(25)9-7-16)13-20(27-29)19-11-10-18(32-4)12-22(19)33-5/h6-12,15,21H,13-14H2,1-5H3,(H,26,31)/t21-/m0/s1. The number of hydrazone groups is 1. The van der Waals surface area contributed by atoms with Gasteiger partial charge in [-0.3, -0.25) is 4.79 Å². The van der Waals surface area contributed by atoms with E-state index < -0.39 is 6.04 Å². The predicted molar refractivity (Wildman–Crippen MR) is 123 cm³/mol. The molecule has 1 atom stereocenters. The quantitative estimate of drug-likeness (QED) is 0.691.